The fourth-order valence-corrected chi connectivity index (χ4v) is 3.80. The van der Waals surface area contributed by atoms with Gasteiger partial charge in [0.2, 0.25) is 5.91 Å². The average molecular weight is 448 g/mol. The smallest absolute Gasteiger partial charge is 0.339 e. The second-order valence-corrected chi connectivity index (χ2v) is 8.66. The Morgan fingerprint density at radius 2 is 1.77 bits per heavy atom. The molecule has 0 aliphatic carbocycles. The molecule has 0 fully saturated rings. The summed E-state index contributed by atoms with van der Waals surface area (Å²) >= 11 is 0. The first-order chi connectivity index (χ1) is 14.7. The fourth-order valence-electron chi connectivity index (χ4n) is 2.88. The van der Waals surface area contributed by atoms with Gasteiger partial charge in [0.25, 0.3) is 0 Å². The second kappa shape index (κ2) is 10.8. The summed E-state index contributed by atoms with van der Waals surface area (Å²) in [6.07, 6.45) is 0.788. The van der Waals surface area contributed by atoms with Gasteiger partial charge < -0.3 is 19.7 Å². The topological polar surface area (TPSA) is 105 Å². The third kappa shape index (κ3) is 6.99. The number of carbonyl (C=O) groups is 2. The number of hydrogen-bond donors (Lipinski definition) is 2. The highest BCUT2D eigenvalue weighted by Crippen LogP contribution is 2.22. The number of amides is 3. The molecule has 2 aromatic rings. The molecule has 1 atom stereocenters. The molecule has 0 unspecified atom stereocenters. The molecule has 2 rings (SSSR count). The third-order valence-electron chi connectivity index (χ3n) is 4.63. The van der Waals surface area contributed by atoms with Gasteiger partial charge in [0, 0.05) is 31.7 Å². The van der Waals surface area contributed by atoms with Gasteiger partial charge in [-0.3, -0.25) is 4.79 Å². The van der Waals surface area contributed by atoms with Crippen LogP contribution >= 0.6 is 0 Å². The van der Waals surface area contributed by atoms with Crippen molar-refractivity contribution in [3.63, 3.8) is 0 Å². The molecule has 0 saturated heterocycles. The number of anilines is 1. The lowest BCUT2D eigenvalue weighted by Gasteiger charge is -2.28. The van der Waals surface area contributed by atoms with Gasteiger partial charge in [0.1, 0.15) is 10.6 Å². The molecule has 31 heavy (non-hydrogen) atoms. The van der Waals surface area contributed by atoms with E-state index in [-0.39, 0.29) is 28.6 Å². The molecule has 0 bridgehead atoms. The number of carbonyl (C=O) groups excluding carboxylic acids is 2. The molecule has 9 heteroatoms. The zero-order valence-corrected chi connectivity index (χ0v) is 19.0. The standard InChI is InChI=1S/C22H29N3O5S/c1-5-16(3)25(22(27)23-6-2)15-18-8-7-9-20(14-18)30-31(28,29)21-12-10-19(11-13-21)24-17(4)26/h7-14,16H,5-6,15H2,1-4H3,(H,23,27)(H,24,26)/t16-/m1/s1. The van der Waals surface area contributed by atoms with Crippen molar-refractivity contribution < 1.29 is 22.2 Å². The lowest BCUT2D eigenvalue weighted by molar-refractivity contribution is -0.114. The summed E-state index contributed by atoms with van der Waals surface area (Å²) in [4.78, 5) is 25.2. The maximum Gasteiger partial charge on any atom is 0.339 e. The monoisotopic (exact) mass is 447 g/mol. The van der Waals surface area contributed by atoms with E-state index >= 15 is 0 Å². The summed E-state index contributed by atoms with van der Waals surface area (Å²) in [6.45, 7) is 8.03. The first-order valence-electron chi connectivity index (χ1n) is 10.1. The third-order valence-corrected chi connectivity index (χ3v) is 5.89. The van der Waals surface area contributed by atoms with Gasteiger partial charge in [-0.15, -0.1) is 0 Å². The molecule has 0 aliphatic heterocycles. The van der Waals surface area contributed by atoms with E-state index in [4.69, 9.17) is 4.18 Å². The van der Waals surface area contributed by atoms with Crippen LogP contribution in [0.25, 0.3) is 0 Å². The van der Waals surface area contributed by atoms with Crippen molar-refractivity contribution in [3.8, 4) is 5.75 Å². The van der Waals surface area contributed by atoms with Gasteiger partial charge in [-0.05, 0) is 62.2 Å². The highest BCUT2D eigenvalue weighted by Gasteiger charge is 2.20. The van der Waals surface area contributed by atoms with Crippen LogP contribution in [0, 0.1) is 0 Å². The molecule has 0 saturated carbocycles. The Hall–Kier alpha value is -3.07. The zero-order valence-electron chi connectivity index (χ0n) is 18.2. The van der Waals surface area contributed by atoms with Crippen molar-refractivity contribution >= 4 is 27.7 Å². The number of hydrogen-bond acceptors (Lipinski definition) is 5. The number of urea groups is 1. The van der Waals surface area contributed by atoms with Crippen LogP contribution in [0.2, 0.25) is 0 Å². The molecule has 168 valence electrons. The minimum Gasteiger partial charge on any atom is -0.379 e. The normalized spacial score (nSPS) is 12.0. The quantitative estimate of drug-likeness (QED) is 0.570. The lowest BCUT2D eigenvalue weighted by atomic mass is 10.1. The van der Waals surface area contributed by atoms with Crippen molar-refractivity contribution in [1.29, 1.82) is 0 Å². The average Bonchev–Trinajstić information content (AvgIpc) is 2.71. The number of nitrogens with one attached hydrogen (secondary N) is 2. The summed E-state index contributed by atoms with van der Waals surface area (Å²) in [5.41, 5.74) is 1.24. The van der Waals surface area contributed by atoms with E-state index in [0.717, 1.165) is 12.0 Å². The predicted octanol–water partition coefficient (Wildman–Crippen LogP) is 3.74. The molecule has 0 radical (unpaired) electrons. The van der Waals surface area contributed by atoms with Crippen molar-refractivity contribution in [1.82, 2.24) is 10.2 Å². The van der Waals surface area contributed by atoms with Gasteiger partial charge >= 0.3 is 16.1 Å². The molecular formula is C22H29N3O5S. The van der Waals surface area contributed by atoms with Crippen molar-refractivity contribution in [2.45, 2.75) is 51.6 Å². The Bertz CT molecular complexity index is 1010. The van der Waals surface area contributed by atoms with E-state index in [1.807, 2.05) is 26.8 Å². The highest BCUT2D eigenvalue weighted by molar-refractivity contribution is 7.87. The van der Waals surface area contributed by atoms with Gasteiger partial charge in [-0.2, -0.15) is 8.42 Å². The summed E-state index contributed by atoms with van der Waals surface area (Å²) < 4.78 is 30.6. The van der Waals surface area contributed by atoms with Crippen LogP contribution < -0.4 is 14.8 Å². The molecule has 3 amide bonds. The molecule has 0 aliphatic rings. The molecular weight excluding hydrogens is 418 g/mol. The van der Waals surface area contributed by atoms with Crippen LogP contribution in [-0.4, -0.2) is 37.8 Å². The Morgan fingerprint density at radius 1 is 1.10 bits per heavy atom. The van der Waals surface area contributed by atoms with E-state index in [2.05, 4.69) is 10.6 Å². The summed E-state index contributed by atoms with van der Waals surface area (Å²) in [6, 6.07) is 12.2. The Balaban J connectivity index is 2.18. The lowest BCUT2D eigenvalue weighted by Crippen LogP contribution is -2.44. The van der Waals surface area contributed by atoms with Gasteiger partial charge in [-0.25, -0.2) is 4.79 Å². The summed E-state index contributed by atoms with van der Waals surface area (Å²) in [7, 11) is -4.06. The predicted molar refractivity (Wildman–Crippen MR) is 119 cm³/mol. The number of nitrogens with zero attached hydrogens (tertiary/aromatic N) is 1. The van der Waals surface area contributed by atoms with Crippen molar-refractivity contribution in [2.75, 3.05) is 11.9 Å². The fraction of sp³-hybridized carbons (Fsp3) is 0.364. The first-order valence-corrected chi connectivity index (χ1v) is 11.5. The minimum atomic E-state index is -4.06. The van der Waals surface area contributed by atoms with Crippen molar-refractivity contribution in [2.24, 2.45) is 0 Å². The van der Waals surface area contributed by atoms with E-state index in [1.165, 1.54) is 31.2 Å². The summed E-state index contributed by atoms with van der Waals surface area (Å²) in [5, 5.41) is 5.38. The van der Waals surface area contributed by atoms with Gasteiger partial charge in [-0.1, -0.05) is 19.1 Å². The molecule has 8 nitrogen and oxygen atoms in total. The molecule has 2 N–H and O–H groups in total. The van der Waals surface area contributed by atoms with Crippen LogP contribution in [0.3, 0.4) is 0 Å². The molecule has 0 aromatic heterocycles. The van der Waals surface area contributed by atoms with Gasteiger partial charge in [0.15, 0.2) is 0 Å². The zero-order chi connectivity index (χ0) is 23.0. The Morgan fingerprint density at radius 3 is 2.35 bits per heavy atom. The number of benzene rings is 2. The van der Waals surface area contributed by atoms with Crippen LogP contribution in [0.4, 0.5) is 10.5 Å². The maximum atomic E-state index is 12.6. The SMILES string of the molecule is CCNC(=O)N(Cc1cccc(OS(=O)(=O)c2ccc(NC(C)=O)cc2)c1)[C@H](C)CC. The van der Waals surface area contributed by atoms with E-state index in [1.54, 1.807) is 23.1 Å². The molecule has 2 aromatic carbocycles. The van der Waals surface area contributed by atoms with E-state index in [0.29, 0.717) is 18.8 Å². The minimum absolute atomic E-state index is 0.0157. The van der Waals surface area contributed by atoms with Gasteiger partial charge in [0.05, 0.1) is 0 Å². The first kappa shape index (κ1) is 24.2. The largest absolute Gasteiger partial charge is 0.379 e. The Labute approximate surface area is 183 Å². The summed E-state index contributed by atoms with van der Waals surface area (Å²) in [5.74, 6) is -0.0915. The van der Waals surface area contributed by atoms with Crippen molar-refractivity contribution in [3.05, 3.63) is 54.1 Å². The van der Waals surface area contributed by atoms with E-state index < -0.39 is 10.1 Å². The second-order valence-electron chi connectivity index (χ2n) is 7.11. The molecule has 0 heterocycles. The van der Waals surface area contributed by atoms with Crippen LogP contribution in [0.1, 0.15) is 39.7 Å². The maximum absolute atomic E-state index is 12.6. The Kier molecular flexibility index (Phi) is 8.44. The van der Waals surface area contributed by atoms with Crippen LogP contribution in [0.15, 0.2) is 53.4 Å². The van der Waals surface area contributed by atoms with E-state index in [9.17, 15) is 18.0 Å². The van der Waals surface area contributed by atoms with Crippen LogP contribution in [-0.2, 0) is 21.5 Å². The van der Waals surface area contributed by atoms with Crippen LogP contribution in [0.5, 0.6) is 5.75 Å². The molecule has 0 spiro atoms. The number of rotatable bonds is 9. The highest BCUT2D eigenvalue weighted by atomic mass is 32.2.